The monoisotopic (exact) mass is 265 g/mol. The Morgan fingerprint density at radius 1 is 1.33 bits per heavy atom. The van der Waals surface area contributed by atoms with Gasteiger partial charge in [0, 0.05) is 16.2 Å². The van der Waals surface area contributed by atoms with Crippen LogP contribution < -0.4 is 10.1 Å². The lowest BCUT2D eigenvalue weighted by atomic mass is 10.1. The fourth-order valence-corrected chi connectivity index (χ4v) is 4.13. The number of ether oxygens (including phenoxy) is 1. The van der Waals surface area contributed by atoms with Crippen molar-refractivity contribution in [1.82, 2.24) is 5.32 Å². The van der Waals surface area contributed by atoms with Gasteiger partial charge in [-0.25, -0.2) is 0 Å². The average molecular weight is 265 g/mol. The Kier molecular flexibility index (Phi) is 4.95. The maximum Gasteiger partial charge on any atom is 0.132 e. The molecule has 1 N–H and O–H groups in total. The standard InChI is InChI=1S/C15H23NOS/c1-4-16-12-9-10-14(11(12)2)18-15-8-6-5-7-13(15)17-3/h5-8,11-12,14,16H,4,9-10H2,1-3H3. The summed E-state index contributed by atoms with van der Waals surface area (Å²) in [6.45, 7) is 5.63. The van der Waals surface area contributed by atoms with E-state index < -0.39 is 0 Å². The quantitative estimate of drug-likeness (QED) is 0.879. The molecule has 0 aliphatic heterocycles. The summed E-state index contributed by atoms with van der Waals surface area (Å²) >= 11 is 1.98. The van der Waals surface area contributed by atoms with Gasteiger partial charge in [0.1, 0.15) is 5.75 Å². The van der Waals surface area contributed by atoms with Crippen molar-refractivity contribution in [2.45, 2.75) is 42.9 Å². The van der Waals surface area contributed by atoms with Crippen LogP contribution in [0.25, 0.3) is 0 Å². The van der Waals surface area contributed by atoms with Crippen molar-refractivity contribution in [1.29, 1.82) is 0 Å². The minimum absolute atomic E-state index is 0.683. The van der Waals surface area contributed by atoms with Gasteiger partial charge in [-0.05, 0) is 37.4 Å². The first kappa shape index (κ1) is 13.8. The van der Waals surface area contributed by atoms with Crippen LogP contribution in [0.2, 0.25) is 0 Å². The predicted octanol–water partition coefficient (Wildman–Crippen LogP) is 3.56. The number of hydrogen-bond donors (Lipinski definition) is 1. The molecule has 0 saturated heterocycles. The van der Waals surface area contributed by atoms with Gasteiger partial charge in [-0.3, -0.25) is 0 Å². The highest BCUT2D eigenvalue weighted by Crippen LogP contribution is 2.41. The highest BCUT2D eigenvalue weighted by molar-refractivity contribution is 8.00. The molecule has 0 amide bonds. The van der Waals surface area contributed by atoms with E-state index >= 15 is 0 Å². The maximum absolute atomic E-state index is 5.43. The topological polar surface area (TPSA) is 21.3 Å². The number of thioether (sulfide) groups is 1. The molecule has 1 saturated carbocycles. The molecule has 3 unspecified atom stereocenters. The Hall–Kier alpha value is -0.670. The smallest absolute Gasteiger partial charge is 0.132 e. The van der Waals surface area contributed by atoms with Crippen LogP contribution in [0.1, 0.15) is 26.7 Å². The van der Waals surface area contributed by atoms with Gasteiger partial charge in [0.15, 0.2) is 0 Å². The molecule has 1 aromatic carbocycles. The molecule has 0 bridgehead atoms. The fraction of sp³-hybridized carbons (Fsp3) is 0.600. The molecule has 1 aromatic rings. The molecule has 1 fully saturated rings. The van der Waals surface area contributed by atoms with E-state index in [4.69, 9.17) is 4.74 Å². The van der Waals surface area contributed by atoms with Gasteiger partial charge >= 0.3 is 0 Å². The second-order valence-electron chi connectivity index (χ2n) is 4.91. The third-order valence-corrected chi connectivity index (χ3v) is 5.36. The maximum atomic E-state index is 5.43. The summed E-state index contributed by atoms with van der Waals surface area (Å²) in [6.07, 6.45) is 2.59. The van der Waals surface area contributed by atoms with E-state index in [1.165, 1.54) is 17.7 Å². The summed E-state index contributed by atoms with van der Waals surface area (Å²) in [7, 11) is 1.75. The number of para-hydroxylation sites is 1. The van der Waals surface area contributed by atoms with Gasteiger partial charge in [-0.15, -0.1) is 11.8 Å². The van der Waals surface area contributed by atoms with Crippen molar-refractivity contribution >= 4 is 11.8 Å². The van der Waals surface area contributed by atoms with Crippen LogP contribution in [-0.2, 0) is 0 Å². The summed E-state index contributed by atoms with van der Waals surface area (Å²) in [4.78, 5) is 1.27. The summed E-state index contributed by atoms with van der Waals surface area (Å²) in [5.41, 5.74) is 0. The van der Waals surface area contributed by atoms with Crippen molar-refractivity contribution < 1.29 is 4.74 Å². The third kappa shape index (κ3) is 3.01. The molecule has 0 spiro atoms. The van der Waals surface area contributed by atoms with E-state index in [0.717, 1.165) is 18.2 Å². The van der Waals surface area contributed by atoms with Gasteiger partial charge in [0.25, 0.3) is 0 Å². The first-order valence-corrected chi connectivity index (χ1v) is 7.67. The third-order valence-electron chi connectivity index (χ3n) is 3.80. The second-order valence-corrected chi connectivity index (χ2v) is 6.19. The van der Waals surface area contributed by atoms with Crippen LogP contribution in [0.5, 0.6) is 5.75 Å². The van der Waals surface area contributed by atoms with E-state index in [1.54, 1.807) is 7.11 Å². The van der Waals surface area contributed by atoms with Crippen molar-refractivity contribution in [3.05, 3.63) is 24.3 Å². The van der Waals surface area contributed by atoms with Crippen molar-refractivity contribution in [3.8, 4) is 5.75 Å². The van der Waals surface area contributed by atoms with E-state index in [2.05, 4.69) is 31.3 Å². The molecule has 2 nitrogen and oxygen atoms in total. The Morgan fingerprint density at radius 2 is 2.11 bits per heavy atom. The average Bonchev–Trinajstić information content (AvgIpc) is 2.73. The lowest BCUT2D eigenvalue weighted by Crippen LogP contribution is -2.32. The van der Waals surface area contributed by atoms with Crippen molar-refractivity contribution in [2.24, 2.45) is 5.92 Å². The number of benzene rings is 1. The Labute approximate surface area is 114 Å². The molecule has 1 aliphatic rings. The minimum atomic E-state index is 0.683. The van der Waals surface area contributed by atoms with Gasteiger partial charge in [0.05, 0.1) is 7.11 Å². The van der Waals surface area contributed by atoms with Crippen molar-refractivity contribution in [2.75, 3.05) is 13.7 Å². The number of methoxy groups -OCH3 is 1. The SMILES string of the molecule is CCNC1CCC(Sc2ccccc2OC)C1C. The molecular formula is C15H23NOS. The van der Waals surface area contributed by atoms with E-state index in [0.29, 0.717) is 11.3 Å². The van der Waals surface area contributed by atoms with Crippen LogP contribution in [0.15, 0.2) is 29.2 Å². The van der Waals surface area contributed by atoms with E-state index in [9.17, 15) is 0 Å². The minimum Gasteiger partial charge on any atom is -0.496 e. The largest absolute Gasteiger partial charge is 0.496 e. The summed E-state index contributed by atoms with van der Waals surface area (Å²) < 4.78 is 5.43. The number of nitrogens with one attached hydrogen (secondary N) is 1. The lowest BCUT2D eigenvalue weighted by Gasteiger charge is -2.21. The molecule has 0 radical (unpaired) electrons. The van der Waals surface area contributed by atoms with E-state index in [1.807, 2.05) is 23.9 Å². The Bertz CT molecular complexity index is 383. The van der Waals surface area contributed by atoms with Crippen LogP contribution in [0, 0.1) is 5.92 Å². The van der Waals surface area contributed by atoms with Gasteiger partial charge in [-0.1, -0.05) is 26.0 Å². The van der Waals surface area contributed by atoms with Crippen LogP contribution in [-0.4, -0.2) is 24.9 Å². The molecule has 3 atom stereocenters. The molecule has 0 aromatic heterocycles. The molecule has 18 heavy (non-hydrogen) atoms. The highest BCUT2D eigenvalue weighted by Gasteiger charge is 2.33. The Balaban J connectivity index is 2.02. The first-order chi connectivity index (χ1) is 8.76. The molecular weight excluding hydrogens is 242 g/mol. The Morgan fingerprint density at radius 3 is 2.83 bits per heavy atom. The predicted molar refractivity (Wildman–Crippen MR) is 78.5 cm³/mol. The van der Waals surface area contributed by atoms with Gasteiger partial charge in [0.2, 0.25) is 0 Å². The fourth-order valence-electron chi connectivity index (χ4n) is 2.72. The second kappa shape index (κ2) is 6.48. The van der Waals surface area contributed by atoms with E-state index in [-0.39, 0.29) is 0 Å². The molecule has 0 heterocycles. The van der Waals surface area contributed by atoms with Crippen LogP contribution in [0.4, 0.5) is 0 Å². The first-order valence-electron chi connectivity index (χ1n) is 6.79. The summed E-state index contributed by atoms with van der Waals surface area (Å²) in [6, 6.07) is 9.01. The molecule has 100 valence electrons. The molecule has 1 aliphatic carbocycles. The lowest BCUT2D eigenvalue weighted by molar-refractivity contribution is 0.404. The summed E-state index contributed by atoms with van der Waals surface area (Å²) in [5.74, 6) is 1.72. The number of hydrogen-bond acceptors (Lipinski definition) is 3. The molecule has 3 heteroatoms. The van der Waals surface area contributed by atoms with Crippen molar-refractivity contribution in [3.63, 3.8) is 0 Å². The van der Waals surface area contributed by atoms with Crippen LogP contribution >= 0.6 is 11.8 Å². The molecule has 2 rings (SSSR count). The van der Waals surface area contributed by atoms with Crippen LogP contribution in [0.3, 0.4) is 0 Å². The van der Waals surface area contributed by atoms with Gasteiger partial charge in [-0.2, -0.15) is 0 Å². The van der Waals surface area contributed by atoms with Gasteiger partial charge < -0.3 is 10.1 Å². The summed E-state index contributed by atoms with van der Waals surface area (Å²) in [5, 5.41) is 4.29. The number of rotatable bonds is 5. The zero-order chi connectivity index (χ0) is 13.0. The zero-order valence-corrected chi connectivity index (χ0v) is 12.3. The normalized spacial score (nSPS) is 27.4. The zero-order valence-electron chi connectivity index (χ0n) is 11.5. The highest BCUT2D eigenvalue weighted by atomic mass is 32.2.